The predicted octanol–water partition coefficient (Wildman–Crippen LogP) is 14.8. The number of nitrogens with zero attached hydrogens (tertiary/aromatic N) is 1. The van der Waals surface area contributed by atoms with Crippen LogP contribution in [0.4, 0.5) is 17.1 Å². The van der Waals surface area contributed by atoms with Crippen LogP contribution in [0.5, 0.6) is 0 Å². The van der Waals surface area contributed by atoms with E-state index >= 15 is 0 Å². The van der Waals surface area contributed by atoms with Crippen molar-refractivity contribution in [2.24, 2.45) is 0 Å². The summed E-state index contributed by atoms with van der Waals surface area (Å²) in [6, 6.07) is 73.0. The molecule has 1 heterocycles. The molecule has 0 saturated carbocycles. The minimum absolute atomic E-state index is 1.11. The zero-order valence-electron chi connectivity index (χ0n) is 28.4. The number of anilines is 3. The lowest BCUT2D eigenvalue weighted by atomic mass is 9.97. The van der Waals surface area contributed by atoms with E-state index < -0.39 is 0 Å². The molecule has 2 heteroatoms. The lowest BCUT2D eigenvalue weighted by Gasteiger charge is -2.27. The van der Waals surface area contributed by atoms with Crippen molar-refractivity contribution in [2.75, 3.05) is 4.90 Å². The highest BCUT2D eigenvalue weighted by Crippen LogP contribution is 2.43. The largest absolute Gasteiger partial charge is 0.310 e. The van der Waals surface area contributed by atoms with Gasteiger partial charge >= 0.3 is 0 Å². The van der Waals surface area contributed by atoms with Gasteiger partial charge in [0.25, 0.3) is 0 Å². The Morgan fingerprint density at radius 3 is 1.73 bits per heavy atom. The van der Waals surface area contributed by atoms with Crippen molar-refractivity contribution >= 4 is 70.1 Å². The van der Waals surface area contributed by atoms with Gasteiger partial charge < -0.3 is 4.90 Å². The summed E-state index contributed by atoms with van der Waals surface area (Å²) in [5.74, 6) is 0. The van der Waals surface area contributed by atoms with Crippen molar-refractivity contribution in [1.82, 2.24) is 0 Å². The number of fused-ring (bicyclic) bond motifs is 5. The fourth-order valence-electron chi connectivity index (χ4n) is 7.74. The molecule has 0 aliphatic heterocycles. The van der Waals surface area contributed by atoms with Crippen LogP contribution < -0.4 is 4.90 Å². The Morgan fingerprint density at radius 2 is 0.885 bits per heavy atom. The van der Waals surface area contributed by atoms with Gasteiger partial charge in [0.1, 0.15) is 0 Å². The van der Waals surface area contributed by atoms with Crippen molar-refractivity contribution in [3.63, 3.8) is 0 Å². The van der Waals surface area contributed by atoms with Crippen molar-refractivity contribution < 1.29 is 0 Å². The number of thiophene rings is 1. The SMILES string of the molecule is c1cc(-c2ccc3ccccc3c2)cc(N(c2ccc(-c3cccc4sc5ccccc5c34)cc2)c2cccc(-c3cccc4ccccc34)c2)c1. The number of benzene rings is 9. The first kappa shape index (κ1) is 30.4. The molecular weight excluding hydrogens is 647 g/mol. The Hall–Kier alpha value is -6.48. The Bertz CT molecular complexity index is 2910. The summed E-state index contributed by atoms with van der Waals surface area (Å²) < 4.78 is 2.64. The summed E-state index contributed by atoms with van der Waals surface area (Å²) in [7, 11) is 0. The highest BCUT2D eigenvalue weighted by atomic mass is 32.1. The van der Waals surface area contributed by atoms with E-state index in [4.69, 9.17) is 0 Å². The van der Waals surface area contributed by atoms with Gasteiger partial charge in [-0.2, -0.15) is 0 Å². The molecule has 0 saturated heterocycles. The predicted molar refractivity (Wildman–Crippen MR) is 225 cm³/mol. The van der Waals surface area contributed by atoms with Gasteiger partial charge in [0, 0.05) is 37.2 Å². The van der Waals surface area contributed by atoms with Gasteiger partial charge in [-0.15, -0.1) is 11.3 Å². The van der Waals surface area contributed by atoms with Crippen molar-refractivity contribution in [1.29, 1.82) is 0 Å². The molecule has 9 aromatic carbocycles. The van der Waals surface area contributed by atoms with Gasteiger partial charge in [-0.3, -0.25) is 0 Å². The summed E-state index contributed by atoms with van der Waals surface area (Å²) in [4.78, 5) is 2.39. The molecule has 0 radical (unpaired) electrons. The third kappa shape index (κ3) is 5.33. The van der Waals surface area contributed by atoms with E-state index in [2.05, 4.69) is 205 Å². The third-order valence-corrected chi connectivity index (χ3v) is 11.4. The van der Waals surface area contributed by atoms with E-state index in [1.807, 2.05) is 11.3 Å². The Labute approximate surface area is 307 Å². The minimum atomic E-state index is 1.11. The van der Waals surface area contributed by atoms with Crippen LogP contribution >= 0.6 is 11.3 Å². The summed E-state index contributed by atoms with van der Waals surface area (Å²) >= 11 is 1.86. The molecule has 0 bridgehead atoms. The quantitative estimate of drug-likeness (QED) is 0.169. The van der Waals surface area contributed by atoms with Crippen LogP contribution in [-0.2, 0) is 0 Å². The van der Waals surface area contributed by atoms with Gasteiger partial charge in [-0.1, -0.05) is 146 Å². The molecule has 0 amide bonds. The molecule has 1 nitrogen and oxygen atoms in total. The van der Waals surface area contributed by atoms with Crippen molar-refractivity contribution in [2.45, 2.75) is 0 Å². The average Bonchev–Trinajstić information content (AvgIpc) is 3.60. The minimum Gasteiger partial charge on any atom is -0.310 e. The zero-order chi connectivity index (χ0) is 34.4. The highest BCUT2D eigenvalue weighted by Gasteiger charge is 2.17. The maximum absolute atomic E-state index is 2.39. The van der Waals surface area contributed by atoms with Crippen LogP contribution in [0.2, 0.25) is 0 Å². The molecule has 1 aromatic heterocycles. The smallest absolute Gasteiger partial charge is 0.0467 e. The van der Waals surface area contributed by atoms with E-state index in [1.54, 1.807) is 0 Å². The molecule has 244 valence electrons. The van der Waals surface area contributed by atoms with Crippen LogP contribution in [0.25, 0.3) is 75.1 Å². The summed E-state index contributed by atoms with van der Waals surface area (Å²) in [5, 5.41) is 7.65. The number of hydrogen-bond acceptors (Lipinski definition) is 2. The van der Waals surface area contributed by atoms with E-state index in [0.29, 0.717) is 0 Å². The van der Waals surface area contributed by atoms with Crippen LogP contribution in [0, 0.1) is 0 Å². The first-order valence-electron chi connectivity index (χ1n) is 17.8. The summed E-state index contributed by atoms with van der Waals surface area (Å²) in [6.45, 7) is 0. The van der Waals surface area contributed by atoms with Crippen LogP contribution in [0.3, 0.4) is 0 Å². The number of rotatable bonds is 6. The van der Waals surface area contributed by atoms with Crippen molar-refractivity contribution in [3.05, 3.63) is 200 Å². The fraction of sp³-hybridized carbons (Fsp3) is 0. The first-order chi connectivity index (χ1) is 25.8. The second kappa shape index (κ2) is 12.7. The van der Waals surface area contributed by atoms with Gasteiger partial charge in [-0.25, -0.2) is 0 Å². The summed E-state index contributed by atoms with van der Waals surface area (Å²) in [6.07, 6.45) is 0. The maximum atomic E-state index is 2.39. The van der Waals surface area contributed by atoms with Crippen LogP contribution in [-0.4, -0.2) is 0 Å². The Balaban J connectivity index is 1.12. The molecule has 52 heavy (non-hydrogen) atoms. The lowest BCUT2D eigenvalue weighted by molar-refractivity contribution is 1.28. The lowest BCUT2D eigenvalue weighted by Crippen LogP contribution is -2.10. The molecule has 0 atom stereocenters. The van der Waals surface area contributed by atoms with E-state index in [9.17, 15) is 0 Å². The maximum Gasteiger partial charge on any atom is 0.0467 e. The standard InChI is InChI=1S/C50H33NS/c1-2-13-37-31-39(26-25-34(37)11-1)38-15-7-17-42(32-38)51(43-18-8-16-40(33-43)45-21-9-14-35-12-3-4-19-44(35)45)41-29-27-36(28-30-41)46-22-10-24-49-50(46)47-20-5-6-23-48(47)52-49/h1-33H. The fourth-order valence-corrected chi connectivity index (χ4v) is 8.87. The molecule has 0 fully saturated rings. The molecule has 10 rings (SSSR count). The molecular formula is C50H33NS. The first-order valence-corrected chi connectivity index (χ1v) is 18.6. The Morgan fingerprint density at radius 1 is 0.308 bits per heavy atom. The number of hydrogen-bond donors (Lipinski definition) is 0. The van der Waals surface area contributed by atoms with Gasteiger partial charge in [-0.05, 0) is 110 Å². The van der Waals surface area contributed by atoms with Gasteiger partial charge in [0.2, 0.25) is 0 Å². The van der Waals surface area contributed by atoms with Crippen LogP contribution in [0.1, 0.15) is 0 Å². The zero-order valence-corrected chi connectivity index (χ0v) is 29.2. The summed E-state index contributed by atoms with van der Waals surface area (Å²) in [5.41, 5.74) is 10.6. The van der Waals surface area contributed by atoms with Gasteiger partial charge in [0.15, 0.2) is 0 Å². The van der Waals surface area contributed by atoms with Crippen LogP contribution in [0.15, 0.2) is 200 Å². The van der Waals surface area contributed by atoms with E-state index in [-0.39, 0.29) is 0 Å². The molecule has 0 aliphatic rings. The Kier molecular flexibility index (Phi) is 7.41. The van der Waals surface area contributed by atoms with Crippen molar-refractivity contribution in [3.8, 4) is 33.4 Å². The van der Waals surface area contributed by atoms with E-state index in [0.717, 1.165) is 17.1 Å². The second-order valence-electron chi connectivity index (χ2n) is 13.3. The topological polar surface area (TPSA) is 3.24 Å². The molecule has 0 unspecified atom stereocenters. The average molecular weight is 680 g/mol. The normalized spacial score (nSPS) is 11.5. The highest BCUT2D eigenvalue weighted by molar-refractivity contribution is 7.25. The second-order valence-corrected chi connectivity index (χ2v) is 14.4. The van der Waals surface area contributed by atoms with Gasteiger partial charge in [0.05, 0.1) is 0 Å². The molecule has 0 N–H and O–H groups in total. The monoisotopic (exact) mass is 679 g/mol. The van der Waals surface area contributed by atoms with E-state index in [1.165, 1.54) is 75.1 Å². The molecule has 0 aliphatic carbocycles. The third-order valence-electron chi connectivity index (χ3n) is 10.2. The molecule has 10 aromatic rings. The molecule has 0 spiro atoms.